The molecule has 6 heteroatoms. The molecule has 0 fully saturated rings. The summed E-state index contributed by atoms with van der Waals surface area (Å²) >= 11 is 5.56. The molecule has 0 rings (SSSR count). The summed E-state index contributed by atoms with van der Waals surface area (Å²) in [5.74, 6) is -0.341. The summed E-state index contributed by atoms with van der Waals surface area (Å²) in [6.07, 6.45) is 3.30. The van der Waals surface area contributed by atoms with Crippen molar-refractivity contribution in [3.63, 3.8) is 0 Å². The van der Waals surface area contributed by atoms with Gasteiger partial charge in [-0.15, -0.1) is 11.6 Å². The highest BCUT2D eigenvalue weighted by Gasteiger charge is 2.27. The number of alkyl halides is 1. The molecule has 0 aliphatic carbocycles. The third-order valence-corrected chi connectivity index (χ3v) is 5.53. The topological polar surface area (TPSA) is 63.6 Å². The van der Waals surface area contributed by atoms with E-state index >= 15 is 0 Å². The van der Waals surface area contributed by atoms with Crippen LogP contribution >= 0.6 is 19.0 Å². The Balaban J connectivity index is 4.89. The molecule has 1 unspecified atom stereocenters. The van der Waals surface area contributed by atoms with Crippen LogP contribution in [0.15, 0.2) is 11.6 Å². The molecule has 1 atom stereocenters. The molecular weight excluding hydrogens is 287 g/mol. The lowest BCUT2D eigenvalue weighted by atomic mass is 10.2. The zero-order valence-corrected chi connectivity index (χ0v) is 13.5. The second-order valence-corrected chi connectivity index (χ2v) is 7.78. The van der Waals surface area contributed by atoms with Crippen LogP contribution in [0, 0.1) is 5.92 Å². The van der Waals surface area contributed by atoms with Gasteiger partial charge in [0.25, 0.3) is 0 Å². The van der Waals surface area contributed by atoms with Gasteiger partial charge >= 0.3 is 5.97 Å². The maximum absolute atomic E-state index is 12.6. The Bertz CT molecular complexity index is 353. The Morgan fingerprint density at radius 1 is 1.47 bits per heavy atom. The first kappa shape index (κ1) is 18.7. The zero-order valence-electron chi connectivity index (χ0n) is 11.9. The summed E-state index contributed by atoms with van der Waals surface area (Å²) in [4.78, 5) is 11.2. The fraction of sp³-hybridized carbons (Fsp3) is 0.769. The summed E-state index contributed by atoms with van der Waals surface area (Å²) in [5, 5.41) is 9.16. The number of unbranched alkanes of at least 4 members (excludes halogenated alkanes) is 1. The van der Waals surface area contributed by atoms with Crippen LogP contribution in [0.2, 0.25) is 0 Å². The molecule has 0 aromatic carbocycles. The normalized spacial score (nSPS) is 15.5. The van der Waals surface area contributed by atoms with Gasteiger partial charge in [-0.2, -0.15) is 0 Å². The summed E-state index contributed by atoms with van der Waals surface area (Å²) in [5.41, 5.74) is 0.169. The van der Waals surface area contributed by atoms with Crippen LogP contribution in [0.1, 0.15) is 33.6 Å². The SMILES string of the molecule is CCOP(=O)(CC(=CCCCCl)C(=O)O)CC(C)C. The van der Waals surface area contributed by atoms with Crippen molar-refractivity contribution in [3.05, 3.63) is 11.6 Å². The van der Waals surface area contributed by atoms with E-state index < -0.39 is 13.3 Å². The molecule has 1 N–H and O–H groups in total. The highest BCUT2D eigenvalue weighted by Crippen LogP contribution is 2.50. The Kier molecular flexibility index (Phi) is 9.42. The number of allylic oxidation sites excluding steroid dienone is 1. The molecule has 0 aliphatic rings. The standard InChI is InChI=1S/C13H24ClO4P/c1-4-18-19(17,9-11(2)3)10-12(13(15)16)7-5-6-8-14/h7,11H,4-6,8-10H2,1-3H3,(H,15,16). The quantitative estimate of drug-likeness (QED) is 0.287. The summed E-state index contributed by atoms with van der Waals surface area (Å²) in [7, 11) is -2.92. The van der Waals surface area contributed by atoms with Crippen molar-refractivity contribution in [1.29, 1.82) is 0 Å². The summed E-state index contributed by atoms with van der Waals surface area (Å²) < 4.78 is 18.0. The molecule has 0 aromatic heterocycles. The van der Waals surface area contributed by atoms with Crippen molar-refractivity contribution < 1.29 is 19.0 Å². The van der Waals surface area contributed by atoms with Gasteiger partial charge in [-0.25, -0.2) is 4.79 Å². The van der Waals surface area contributed by atoms with Gasteiger partial charge in [-0.05, 0) is 25.7 Å². The van der Waals surface area contributed by atoms with Crippen molar-refractivity contribution >= 4 is 24.9 Å². The minimum atomic E-state index is -2.92. The molecule has 0 heterocycles. The lowest BCUT2D eigenvalue weighted by Gasteiger charge is -2.20. The van der Waals surface area contributed by atoms with Crippen molar-refractivity contribution in [2.75, 3.05) is 24.8 Å². The van der Waals surface area contributed by atoms with E-state index in [1.54, 1.807) is 13.0 Å². The third kappa shape index (κ3) is 8.46. The fourth-order valence-electron chi connectivity index (χ4n) is 1.79. The third-order valence-electron chi connectivity index (χ3n) is 2.42. The molecule has 19 heavy (non-hydrogen) atoms. The summed E-state index contributed by atoms with van der Waals surface area (Å²) in [6.45, 7) is 6.00. The van der Waals surface area contributed by atoms with Gasteiger partial charge in [-0.1, -0.05) is 19.9 Å². The Morgan fingerprint density at radius 2 is 2.11 bits per heavy atom. The second-order valence-electron chi connectivity index (χ2n) is 4.83. The number of rotatable bonds is 10. The molecule has 0 saturated carbocycles. The number of halogens is 1. The van der Waals surface area contributed by atoms with Gasteiger partial charge in [0.05, 0.1) is 12.8 Å². The molecule has 112 valence electrons. The van der Waals surface area contributed by atoms with E-state index in [0.29, 0.717) is 31.5 Å². The van der Waals surface area contributed by atoms with E-state index in [9.17, 15) is 9.36 Å². The highest BCUT2D eigenvalue weighted by atomic mass is 35.5. The van der Waals surface area contributed by atoms with Gasteiger partial charge in [0.1, 0.15) is 0 Å². The second kappa shape index (κ2) is 9.57. The van der Waals surface area contributed by atoms with Crippen molar-refractivity contribution in [3.8, 4) is 0 Å². The highest BCUT2D eigenvalue weighted by molar-refractivity contribution is 7.59. The molecule has 0 bridgehead atoms. The predicted molar refractivity (Wildman–Crippen MR) is 79.5 cm³/mol. The number of aliphatic carboxylic acids is 1. The Hall–Kier alpha value is -0.310. The van der Waals surface area contributed by atoms with Crippen LogP contribution in [-0.2, 0) is 13.9 Å². The van der Waals surface area contributed by atoms with E-state index in [2.05, 4.69) is 0 Å². The van der Waals surface area contributed by atoms with Crippen LogP contribution in [0.3, 0.4) is 0 Å². The van der Waals surface area contributed by atoms with Crippen LogP contribution < -0.4 is 0 Å². The number of carbonyl (C=O) groups is 1. The molecule has 0 aromatic rings. The minimum absolute atomic E-state index is 0.00333. The molecule has 0 spiro atoms. The van der Waals surface area contributed by atoms with Crippen LogP contribution in [-0.4, -0.2) is 35.9 Å². The maximum atomic E-state index is 12.6. The Labute approximate surface area is 120 Å². The average Bonchev–Trinajstić information content (AvgIpc) is 2.26. The molecule has 0 amide bonds. The van der Waals surface area contributed by atoms with Crippen LogP contribution in [0.25, 0.3) is 0 Å². The number of hydrogen-bond donors (Lipinski definition) is 1. The fourth-order valence-corrected chi connectivity index (χ4v) is 4.63. The summed E-state index contributed by atoms with van der Waals surface area (Å²) in [6, 6.07) is 0. The Morgan fingerprint density at radius 3 is 2.53 bits per heavy atom. The molecule has 0 saturated heterocycles. The van der Waals surface area contributed by atoms with E-state index in [1.165, 1.54) is 0 Å². The van der Waals surface area contributed by atoms with Crippen LogP contribution in [0.4, 0.5) is 0 Å². The van der Waals surface area contributed by atoms with E-state index in [-0.39, 0.29) is 17.7 Å². The van der Waals surface area contributed by atoms with E-state index in [4.69, 9.17) is 21.2 Å². The minimum Gasteiger partial charge on any atom is -0.478 e. The first-order valence-corrected chi connectivity index (χ1v) is 9.08. The van der Waals surface area contributed by atoms with Crippen molar-refractivity contribution in [1.82, 2.24) is 0 Å². The van der Waals surface area contributed by atoms with Crippen molar-refractivity contribution in [2.24, 2.45) is 5.92 Å². The van der Waals surface area contributed by atoms with Gasteiger partial charge in [0.15, 0.2) is 0 Å². The van der Waals surface area contributed by atoms with Crippen LogP contribution in [0.5, 0.6) is 0 Å². The number of hydrogen-bond acceptors (Lipinski definition) is 3. The van der Waals surface area contributed by atoms with Gasteiger partial charge < -0.3 is 9.63 Å². The average molecular weight is 311 g/mol. The number of carboxylic acid groups (broad SMARTS) is 1. The number of carboxylic acids is 1. The maximum Gasteiger partial charge on any atom is 0.331 e. The molecular formula is C13H24ClO4P. The molecule has 0 aliphatic heterocycles. The zero-order chi connectivity index (χ0) is 14.9. The van der Waals surface area contributed by atoms with Crippen molar-refractivity contribution in [2.45, 2.75) is 33.6 Å². The molecule has 4 nitrogen and oxygen atoms in total. The first-order chi connectivity index (χ1) is 8.84. The first-order valence-electron chi connectivity index (χ1n) is 6.55. The van der Waals surface area contributed by atoms with Gasteiger partial charge in [0.2, 0.25) is 7.37 Å². The lowest BCUT2D eigenvalue weighted by molar-refractivity contribution is -0.132. The molecule has 0 radical (unpaired) electrons. The van der Waals surface area contributed by atoms with E-state index in [0.717, 1.165) is 0 Å². The monoisotopic (exact) mass is 310 g/mol. The van der Waals surface area contributed by atoms with Gasteiger partial charge in [0, 0.05) is 17.6 Å². The van der Waals surface area contributed by atoms with E-state index in [1.807, 2.05) is 13.8 Å². The predicted octanol–water partition coefficient (Wildman–Crippen LogP) is 3.99. The van der Waals surface area contributed by atoms with Gasteiger partial charge in [-0.3, -0.25) is 4.57 Å². The smallest absolute Gasteiger partial charge is 0.331 e. The largest absolute Gasteiger partial charge is 0.478 e. The lowest BCUT2D eigenvalue weighted by Crippen LogP contribution is -2.12.